The molecule has 1 heterocycles. The Balaban J connectivity index is 2.37. The van der Waals surface area contributed by atoms with E-state index in [1.807, 2.05) is 6.07 Å². The van der Waals surface area contributed by atoms with Crippen molar-refractivity contribution in [2.24, 2.45) is 0 Å². The summed E-state index contributed by atoms with van der Waals surface area (Å²) in [4.78, 5) is 3.92. The summed E-state index contributed by atoms with van der Waals surface area (Å²) in [5, 5.41) is 2.22. The fraction of sp³-hybridized carbons (Fsp3) is 0.182. The van der Waals surface area contributed by atoms with Gasteiger partial charge >= 0.3 is 0 Å². The van der Waals surface area contributed by atoms with E-state index in [2.05, 4.69) is 11.2 Å². The number of thiazole rings is 1. The van der Waals surface area contributed by atoms with Gasteiger partial charge in [0.2, 0.25) is 5.75 Å². The molecular weight excluding hydrogens is 226 g/mol. The maximum absolute atomic E-state index is 5.59. The lowest BCUT2D eigenvalue weighted by Crippen LogP contribution is -1.93. The number of aromatic nitrogens is 1. The zero-order valence-corrected chi connectivity index (χ0v) is 9.71. The monoisotopic (exact) mass is 236 g/mol. The first-order valence-corrected chi connectivity index (χ1v) is 5.43. The van der Waals surface area contributed by atoms with Crippen molar-refractivity contribution < 1.29 is 14.2 Å². The van der Waals surface area contributed by atoms with E-state index in [4.69, 9.17) is 14.2 Å². The molecule has 0 aliphatic carbocycles. The van der Waals surface area contributed by atoms with E-state index in [0.717, 1.165) is 0 Å². The van der Waals surface area contributed by atoms with Crippen LogP contribution < -0.4 is 14.2 Å². The predicted octanol–water partition coefficient (Wildman–Crippen LogP) is 2.75. The van der Waals surface area contributed by atoms with Gasteiger partial charge in [0.05, 0.1) is 14.2 Å². The van der Waals surface area contributed by atoms with Gasteiger partial charge < -0.3 is 14.2 Å². The van der Waals surface area contributed by atoms with E-state index >= 15 is 0 Å². The zero-order valence-electron chi connectivity index (χ0n) is 8.89. The number of hydrogen-bond donors (Lipinski definition) is 0. The van der Waals surface area contributed by atoms with Crippen molar-refractivity contribution in [3.63, 3.8) is 0 Å². The number of hydrogen-bond acceptors (Lipinski definition) is 5. The molecule has 0 aliphatic rings. The maximum atomic E-state index is 5.59. The van der Waals surface area contributed by atoms with Gasteiger partial charge in [-0.05, 0) is 12.1 Å². The van der Waals surface area contributed by atoms with Gasteiger partial charge in [-0.1, -0.05) is 17.4 Å². The van der Waals surface area contributed by atoms with Gasteiger partial charge in [0.1, 0.15) is 6.20 Å². The van der Waals surface area contributed by atoms with Crippen LogP contribution in [-0.4, -0.2) is 19.2 Å². The zero-order chi connectivity index (χ0) is 11.4. The Morgan fingerprint density at radius 3 is 2.38 bits per heavy atom. The number of nitrogens with zero attached hydrogens (tertiary/aromatic N) is 1. The summed E-state index contributed by atoms with van der Waals surface area (Å²) in [6, 6.07) is 5.43. The van der Waals surface area contributed by atoms with E-state index in [0.29, 0.717) is 22.4 Å². The predicted molar refractivity (Wildman–Crippen MR) is 60.6 cm³/mol. The van der Waals surface area contributed by atoms with Crippen LogP contribution in [0.1, 0.15) is 0 Å². The molecule has 0 fully saturated rings. The van der Waals surface area contributed by atoms with Crippen molar-refractivity contribution >= 4 is 11.3 Å². The lowest BCUT2D eigenvalue weighted by atomic mass is 10.3. The lowest BCUT2D eigenvalue weighted by Gasteiger charge is -2.11. The molecule has 0 amide bonds. The molecule has 0 spiro atoms. The standard InChI is InChI=1S/C11H10NO3S/c1-13-8-4-3-5-9(14-2)10(8)15-11-12-6-7-16-11/h3-5,7H,1-2H3. The average molecular weight is 236 g/mol. The Bertz CT molecular complexity index is 434. The molecule has 0 atom stereocenters. The molecule has 0 N–H and O–H groups in total. The third-order valence-electron chi connectivity index (χ3n) is 1.94. The summed E-state index contributed by atoms with van der Waals surface area (Å²) in [5.41, 5.74) is 0. The topological polar surface area (TPSA) is 40.6 Å². The Labute approximate surface area is 97.4 Å². The molecule has 2 rings (SSSR count). The van der Waals surface area contributed by atoms with Gasteiger partial charge in [0, 0.05) is 5.38 Å². The highest BCUT2D eigenvalue weighted by Gasteiger charge is 2.13. The van der Waals surface area contributed by atoms with Crippen LogP contribution in [0.2, 0.25) is 0 Å². The van der Waals surface area contributed by atoms with Crippen LogP contribution in [0.4, 0.5) is 0 Å². The van der Waals surface area contributed by atoms with Crippen LogP contribution in [0, 0.1) is 6.20 Å². The Morgan fingerprint density at radius 2 is 1.88 bits per heavy atom. The van der Waals surface area contributed by atoms with Gasteiger partial charge in [-0.15, -0.1) is 0 Å². The number of para-hydroxylation sites is 1. The first kappa shape index (κ1) is 10.8. The molecule has 1 aromatic heterocycles. The highest BCUT2D eigenvalue weighted by molar-refractivity contribution is 7.11. The lowest BCUT2D eigenvalue weighted by molar-refractivity contribution is 0.345. The quantitative estimate of drug-likeness (QED) is 0.818. The minimum absolute atomic E-state index is 0.503. The van der Waals surface area contributed by atoms with Crippen LogP contribution in [-0.2, 0) is 0 Å². The molecule has 1 radical (unpaired) electrons. The number of benzene rings is 1. The molecule has 0 aliphatic heterocycles. The first-order chi connectivity index (χ1) is 7.85. The summed E-state index contributed by atoms with van der Waals surface area (Å²) in [5.74, 6) is 1.74. The van der Waals surface area contributed by atoms with Crippen molar-refractivity contribution in [2.75, 3.05) is 14.2 Å². The van der Waals surface area contributed by atoms with Gasteiger partial charge in [-0.2, -0.15) is 0 Å². The van der Waals surface area contributed by atoms with Crippen molar-refractivity contribution in [2.45, 2.75) is 0 Å². The summed E-state index contributed by atoms with van der Waals surface area (Å²) >= 11 is 1.36. The summed E-state index contributed by atoms with van der Waals surface area (Å²) in [6.45, 7) is 0. The van der Waals surface area contributed by atoms with E-state index in [-0.39, 0.29) is 0 Å². The number of ether oxygens (including phenoxy) is 3. The molecule has 4 nitrogen and oxygen atoms in total. The highest BCUT2D eigenvalue weighted by atomic mass is 32.1. The third-order valence-corrected chi connectivity index (χ3v) is 2.54. The van der Waals surface area contributed by atoms with Crippen molar-refractivity contribution in [1.82, 2.24) is 4.98 Å². The second-order valence-corrected chi connectivity index (χ2v) is 3.66. The molecule has 16 heavy (non-hydrogen) atoms. The molecular formula is C11H10NO3S. The van der Waals surface area contributed by atoms with Gasteiger partial charge in [0.25, 0.3) is 5.19 Å². The van der Waals surface area contributed by atoms with E-state index in [1.54, 1.807) is 31.7 Å². The van der Waals surface area contributed by atoms with Gasteiger partial charge in [0.15, 0.2) is 11.5 Å². The van der Waals surface area contributed by atoms with Crippen molar-refractivity contribution in [3.05, 3.63) is 29.8 Å². The Hall–Kier alpha value is -1.75. The van der Waals surface area contributed by atoms with E-state index in [9.17, 15) is 0 Å². The Kier molecular flexibility index (Phi) is 3.26. The summed E-state index contributed by atoms with van der Waals surface area (Å²) < 4.78 is 16.0. The fourth-order valence-electron chi connectivity index (χ4n) is 1.23. The fourth-order valence-corrected chi connectivity index (χ4v) is 1.68. The summed E-state index contributed by atoms with van der Waals surface area (Å²) in [7, 11) is 3.16. The van der Waals surface area contributed by atoms with Crippen molar-refractivity contribution in [3.8, 4) is 22.4 Å². The minimum Gasteiger partial charge on any atom is -0.493 e. The third kappa shape index (κ3) is 2.09. The molecule has 5 heteroatoms. The van der Waals surface area contributed by atoms with E-state index in [1.165, 1.54) is 11.3 Å². The van der Waals surface area contributed by atoms with Gasteiger partial charge in [-0.3, -0.25) is 0 Å². The maximum Gasteiger partial charge on any atom is 0.279 e. The highest BCUT2D eigenvalue weighted by Crippen LogP contribution is 2.40. The first-order valence-electron chi connectivity index (χ1n) is 4.55. The van der Waals surface area contributed by atoms with E-state index < -0.39 is 0 Å². The molecule has 83 valence electrons. The van der Waals surface area contributed by atoms with Crippen LogP contribution in [0.3, 0.4) is 0 Å². The smallest absolute Gasteiger partial charge is 0.279 e. The SMILES string of the molecule is COc1cccc(OC)c1Oc1n[c]cs1. The largest absolute Gasteiger partial charge is 0.493 e. The summed E-state index contributed by atoms with van der Waals surface area (Å²) in [6.07, 6.45) is 2.69. The van der Waals surface area contributed by atoms with Crippen LogP contribution in [0.15, 0.2) is 23.6 Å². The van der Waals surface area contributed by atoms with Crippen LogP contribution in [0.25, 0.3) is 0 Å². The molecule has 0 bridgehead atoms. The number of rotatable bonds is 4. The van der Waals surface area contributed by atoms with Gasteiger partial charge in [-0.25, -0.2) is 4.98 Å². The normalized spacial score (nSPS) is 9.88. The molecule has 2 aromatic rings. The second-order valence-electron chi connectivity index (χ2n) is 2.84. The molecule has 1 aromatic carbocycles. The Morgan fingerprint density at radius 1 is 1.19 bits per heavy atom. The van der Waals surface area contributed by atoms with Crippen molar-refractivity contribution in [1.29, 1.82) is 0 Å². The second kappa shape index (κ2) is 4.85. The average Bonchev–Trinajstić information content (AvgIpc) is 2.82. The minimum atomic E-state index is 0.503. The van der Waals surface area contributed by atoms with Crippen LogP contribution in [0.5, 0.6) is 22.4 Å². The number of methoxy groups -OCH3 is 2. The molecule has 0 unspecified atom stereocenters. The molecule has 0 saturated carbocycles. The molecule has 0 saturated heterocycles. The van der Waals surface area contributed by atoms with Crippen LogP contribution >= 0.6 is 11.3 Å².